The molecule has 6 heteroatoms. The van der Waals surface area contributed by atoms with Crippen LogP contribution >= 0.6 is 15.9 Å². The Hall–Kier alpha value is -1.43. The summed E-state index contributed by atoms with van der Waals surface area (Å²) in [5.74, 6) is -1.61. The first-order valence-electron chi connectivity index (χ1n) is 4.93. The van der Waals surface area contributed by atoms with Crippen LogP contribution in [-0.2, 0) is 4.79 Å². The second kappa shape index (κ2) is 5.77. The molecule has 0 fully saturated rings. The summed E-state index contributed by atoms with van der Waals surface area (Å²) in [4.78, 5) is 22.9. The van der Waals surface area contributed by atoms with Gasteiger partial charge in [-0.05, 0) is 35.0 Å². The smallest absolute Gasteiger partial charge is 0.254 e. The molecule has 1 aromatic carbocycles. The highest BCUT2D eigenvalue weighted by molar-refractivity contribution is 9.10. The van der Waals surface area contributed by atoms with E-state index in [1.165, 1.54) is 26.1 Å². The van der Waals surface area contributed by atoms with Crippen molar-refractivity contribution in [3.63, 3.8) is 0 Å². The van der Waals surface area contributed by atoms with E-state index in [1.807, 2.05) is 0 Å². The summed E-state index contributed by atoms with van der Waals surface area (Å²) < 4.78 is 13.8. The average molecular weight is 303 g/mol. The minimum atomic E-state index is -0.717. The Morgan fingerprint density at radius 2 is 2.06 bits per heavy atom. The summed E-state index contributed by atoms with van der Waals surface area (Å²) in [5, 5.41) is 4.79. The maximum atomic E-state index is 13.6. The van der Waals surface area contributed by atoms with E-state index < -0.39 is 17.8 Å². The molecule has 17 heavy (non-hydrogen) atoms. The Balaban J connectivity index is 2.84. The van der Waals surface area contributed by atoms with Crippen molar-refractivity contribution in [2.75, 3.05) is 7.05 Å². The molecule has 0 radical (unpaired) electrons. The fraction of sp³-hybridized carbons (Fsp3) is 0.273. The van der Waals surface area contributed by atoms with Crippen molar-refractivity contribution in [2.45, 2.75) is 13.0 Å². The van der Waals surface area contributed by atoms with Gasteiger partial charge in [0.05, 0.1) is 10.0 Å². The molecule has 1 rings (SSSR count). The summed E-state index contributed by atoms with van der Waals surface area (Å²) in [6.45, 7) is 1.52. The third kappa shape index (κ3) is 3.26. The molecule has 0 aliphatic heterocycles. The van der Waals surface area contributed by atoms with Gasteiger partial charge in [0.1, 0.15) is 11.9 Å². The van der Waals surface area contributed by atoms with E-state index in [0.29, 0.717) is 0 Å². The average Bonchev–Trinajstić information content (AvgIpc) is 2.31. The fourth-order valence-corrected chi connectivity index (χ4v) is 1.60. The van der Waals surface area contributed by atoms with Gasteiger partial charge in [0.15, 0.2) is 0 Å². The second-order valence-electron chi connectivity index (χ2n) is 3.41. The van der Waals surface area contributed by atoms with Gasteiger partial charge in [0.25, 0.3) is 5.91 Å². The Kier molecular flexibility index (Phi) is 4.62. The van der Waals surface area contributed by atoms with Gasteiger partial charge in [0.2, 0.25) is 5.91 Å². The van der Waals surface area contributed by atoms with Crippen LogP contribution in [0.5, 0.6) is 0 Å². The van der Waals surface area contributed by atoms with Gasteiger partial charge in [-0.3, -0.25) is 9.59 Å². The van der Waals surface area contributed by atoms with Crippen molar-refractivity contribution < 1.29 is 14.0 Å². The molecule has 0 aliphatic carbocycles. The molecule has 1 unspecified atom stereocenters. The third-order valence-electron chi connectivity index (χ3n) is 2.18. The van der Waals surface area contributed by atoms with Crippen LogP contribution in [-0.4, -0.2) is 24.9 Å². The molecule has 2 amide bonds. The van der Waals surface area contributed by atoms with Crippen LogP contribution in [0.25, 0.3) is 0 Å². The number of likely N-dealkylation sites (N-methyl/N-ethyl adjacent to an activating group) is 1. The number of halogens is 2. The SMILES string of the molecule is CNC(=O)C(C)NC(=O)c1cccc(Br)c1F. The van der Waals surface area contributed by atoms with Crippen molar-refractivity contribution >= 4 is 27.7 Å². The van der Waals surface area contributed by atoms with Crippen LogP contribution in [0.3, 0.4) is 0 Å². The number of carbonyl (C=O) groups is 2. The molecule has 0 aliphatic rings. The highest BCUT2D eigenvalue weighted by atomic mass is 79.9. The van der Waals surface area contributed by atoms with Crippen molar-refractivity contribution in [1.29, 1.82) is 0 Å². The topological polar surface area (TPSA) is 58.2 Å². The number of hydrogen-bond acceptors (Lipinski definition) is 2. The van der Waals surface area contributed by atoms with E-state index in [-0.39, 0.29) is 15.9 Å². The number of benzene rings is 1. The number of hydrogen-bond donors (Lipinski definition) is 2. The molecule has 0 spiro atoms. The van der Waals surface area contributed by atoms with Crippen LogP contribution in [0.15, 0.2) is 22.7 Å². The molecule has 0 saturated carbocycles. The van der Waals surface area contributed by atoms with Gasteiger partial charge in [-0.2, -0.15) is 0 Å². The van der Waals surface area contributed by atoms with Gasteiger partial charge in [0, 0.05) is 7.05 Å². The highest BCUT2D eigenvalue weighted by Gasteiger charge is 2.18. The maximum absolute atomic E-state index is 13.6. The quantitative estimate of drug-likeness (QED) is 0.888. The van der Waals surface area contributed by atoms with Crippen molar-refractivity contribution in [1.82, 2.24) is 10.6 Å². The molecular weight excluding hydrogens is 291 g/mol. The van der Waals surface area contributed by atoms with Crippen molar-refractivity contribution in [3.8, 4) is 0 Å². The molecule has 0 bridgehead atoms. The monoisotopic (exact) mass is 302 g/mol. The standard InChI is InChI=1S/C11H12BrFN2O2/c1-6(10(16)14-2)15-11(17)7-4-3-5-8(12)9(7)13/h3-6H,1-2H3,(H,14,16)(H,15,17). The molecule has 2 N–H and O–H groups in total. The van der Waals surface area contributed by atoms with E-state index >= 15 is 0 Å². The van der Waals surface area contributed by atoms with Crippen LogP contribution in [0.4, 0.5) is 4.39 Å². The summed E-state index contributed by atoms with van der Waals surface area (Å²) in [7, 11) is 1.46. The minimum absolute atomic E-state index is 0.102. The van der Waals surface area contributed by atoms with E-state index in [1.54, 1.807) is 6.07 Å². The van der Waals surface area contributed by atoms with Gasteiger partial charge in [-0.15, -0.1) is 0 Å². The van der Waals surface area contributed by atoms with Crippen molar-refractivity contribution in [3.05, 3.63) is 34.1 Å². The molecule has 0 heterocycles. The molecule has 4 nitrogen and oxygen atoms in total. The van der Waals surface area contributed by atoms with E-state index in [2.05, 4.69) is 26.6 Å². The lowest BCUT2D eigenvalue weighted by molar-refractivity contribution is -0.122. The lowest BCUT2D eigenvalue weighted by atomic mass is 10.2. The Bertz CT molecular complexity index is 451. The number of carbonyl (C=O) groups excluding carboxylic acids is 2. The molecular formula is C11H12BrFN2O2. The summed E-state index contributed by atoms with van der Waals surface area (Å²) in [6, 6.07) is 3.68. The van der Waals surface area contributed by atoms with E-state index in [0.717, 1.165) is 0 Å². The first-order chi connectivity index (χ1) is 7.97. The molecule has 0 aromatic heterocycles. The minimum Gasteiger partial charge on any atom is -0.357 e. The maximum Gasteiger partial charge on any atom is 0.254 e. The normalized spacial score (nSPS) is 11.8. The Morgan fingerprint density at radius 1 is 1.41 bits per heavy atom. The Morgan fingerprint density at radius 3 is 2.65 bits per heavy atom. The zero-order chi connectivity index (χ0) is 13.0. The predicted molar refractivity (Wildman–Crippen MR) is 65.1 cm³/mol. The number of nitrogens with one attached hydrogen (secondary N) is 2. The predicted octanol–water partition coefficient (Wildman–Crippen LogP) is 1.45. The second-order valence-corrected chi connectivity index (χ2v) is 4.27. The van der Waals surface area contributed by atoms with Gasteiger partial charge < -0.3 is 10.6 Å². The lowest BCUT2D eigenvalue weighted by Crippen LogP contribution is -2.43. The zero-order valence-electron chi connectivity index (χ0n) is 9.38. The zero-order valence-corrected chi connectivity index (χ0v) is 11.0. The molecule has 1 atom stereocenters. The number of rotatable bonds is 3. The lowest BCUT2D eigenvalue weighted by Gasteiger charge is -2.12. The van der Waals surface area contributed by atoms with Crippen LogP contribution in [0, 0.1) is 5.82 Å². The highest BCUT2D eigenvalue weighted by Crippen LogP contribution is 2.18. The Labute approximate surface area is 107 Å². The van der Waals surface area contributed by atoms with Gasteiger partial charge >= 0.3 is 0 Å². The first kappa shape index (κ1) is 13.6. The van der Waals surface area contributed by atoms with Crippen LogP contribution < -0.4 is 10.6 Å². The van der Waals surface area contributed by atoms with Crippen molar-refractivity contribution in [2.24, 2.45) is 0 Å². The van der Waals surface area contributed by atoms with E-state index in [9.17, 15) is 14.0 Å². The molecule has 1 aromatic rings. The number of amides is 2. The summed E-state index contributed by atoms with van der Waals surface area (Å²) in [5.41, 5.74) is -0.102. The fourth-order valence-electron chi connectivity index (χ4n) is 1.24. The van der Waals surface area contributed by atoms with Crippen LogP contribution in [0.2, 0.25) is 0 Å². The van der Waals surface area contributed by atoms with Crippen LogP contribution in [0.1, 0.15) is 17.3 Å². The first-order valence-corrected chi connectivity index (χ1v) is 5.73. The largest absolute Gasteiger partial charge is 0.357 e. The van der Waals surface area contributed by atoms with E-state index in [4.69, 9.17) is 0 Å². The molecule has 0 saturated heterocycles. The molecule has 92 valence electrons. The van der Waals surface area contributed by atoms with Gasteiger partial charge in [-0.25, -0.2) is 4.39 Å². The summed E-state index contributed by atoms with van der Waals surface area (Å²) in [6.07, 6.45) is 0. The third-order valence-corrected chi connectivity index (χ3v) is 2.80. The summed E-state index contributed by atoms with van der Waals surface area (Å²) >= 11 is 2.99. The van der Waals surface area contributed by atoms with Gasteiger partial charge in [-0.1, -0.05) is 6.07 Å².